The van der Waals surface area contributed by atoms with E-state index in [2.05, 4.69) is 9.97 Å². The SMILES string of the molecule is Cc1ccc(S(=O)(=O)Oc2nc(-c3ccc(F)cc3)c(Cl)c(C(C)C)n2)cc1. The normalized spacial score (nSPS) is 11.6. The molecule has 28 heavy (non-hydrogen) atoms. The summed E-state index contributed by atoms with van der Waals surface area (Å²) in [5.74, 6) is -0.518. The predicted octanol–water partition coefficient (Wildman–Crippen LogP) is 5.14. The molecule has 3 rings (SSSR count). The van der Waals surface area contributed by atoms with Gasteiger partial charge in [0.2, 0.25) is 0 Å². The Bertz CT molecular complexity index is 1100. The summed E-state index contributed by atoms with van der Waals surface area (Å²) in [6.45, 7) is 5.57. The van der Waals surface area contributed by atoms with Crippen LogP contribution in [0.15, 0.2) is 53.4 Å². The molecule has 0 radical (unpaired) electrons. The van der Waals surface area contributed by atoms with Crippen molar-refractivity contribution in [2.24, 2.45) is 0 Å². The summed E-state index contributed by atoms with van der Waals surface area (Å²) in [6.07, 6.45) is 0. The van der Waals surface area contributed by atoms with E-state index in [1.807, 2.05) is 20.8 Å². The average Bonchev–Trinajstić information content (AvgIpc) is 2.63. The number of halogens is 2. The summed E-state index contributed by atoms with van der Waals surface area (Å²) in [4.78, 5) is 8.35. The molecule has 0 unspecified atom stereocenters. The molecule has 5 nitrogen and oxygen atoms in total. The van der Waals surface area contributed by atoms with Crippen molar-refractivity contribution in [3.8, 4) is 17.3 Å². The van der Waals surface area contributed by atoms with Gasteiger partial charge in [-0.05, 0) is 49.2 Å². The summed E-state index contributed by atoms with van der Waals surface area (Å²) in [5, 5.41) is 0.265. The van der Waals surface area contributed by atoms with E-state index in [1.54, 1.807) is 12.1 Å². The molecule has 3 aromatic rings. The lowest BCUT2D eigenvalue weighted by Crippen LogP contribution is -2.13. The van der Waals surface area contributed by atoms with Crippen LogP contribution in [0.2, 0.25) is 5.02 Å². The first-order chi connectivity index (χ1) is 13.2. The van der Waals surface area contributed by atoms with Gasteiger partial charge in [0.15, 0.2) is 0 Å². The smallest absolute Gasteiger partial charge is 0.339 e. The molecule has 0 saturated carbocycles. The molecule has 0 bridgehead atoms. The molecule has 2 aromatic carbocycles. The van der Waals surface area contributed by atoms with Gasteiger partial charge in [0.25, 0.3) is 0 Å². The minimum absolute atomic E-state index is 0.00826. The molecule has 0 aliphatic carbocycles. The van der Waals surface area contributed by atoms with E-state index in [-0.39, 0.29) is 27.5 Å². The van der Waals surface area contributed by atoms with Crippen LogP contribution in [0.4, 0.5) is 4.39 Å². The van der Waals surface area contributed by atoms with E-state index in [0.717, 1.165) is 5.56 Å². The number of benzene rings is 2. The second-order valence-electron chi connectivity index (χ2n) is 6.57. The van der Waals surface area contributed by atoms with Crippen LogP contribution in [0.5, 0.6) is 6.01 Å². The van der Waals surface area contributed by atoms with Gasteiger partial charge in [-0.3, -0.25) is 0 Å². The summed E-state index contributed by atoms with van der Waals surface area (Å²) in [6, 6.07) is 11.4. The fourth-order valence-corrected chi connectivity index (χ4v) is 3.76. The number of aromatic nitrogens is 2. The van der Waals surface area contributed by atoms with Crippen LogP contribution in [0, 0.1) is 12.7 Å². The third-order valence-corrected chi connectivity index (χ3v) is 5.61. The first-order valence-corrected chi connectivity index (χ1v) is 10.3. The Morgan fingerprint density at radius 3 is 2.18 bits per heavy atom. The van der Waals surface area contributed by atoms with Gasteiger partial charge in [-0.25, -0.2) is 4.39 Å². The fraction of sp³-hybridized carbons (Fsp3) is 0.200. The van der Waals surface area contributed by atoms with Gasteiger partial charge in [0.1, 0.15) is 10.7 Å². The first kappa shape index (κ1) is 20.2. The van der Waals surface area contributed by atoms with Gasteiger partial charge < -0.3 is 4.18 Å². The van der Waals surface area contributed by atoms with Crippen molar-refractivity contribution in [1.29, 1.82) is 0 Å². The van der Waals surface area contributed by atoms with Crippen molar-refractivity contribution in [1.82, 2.24) is 9.97 Å². The number of rotatable bonds is 5. The molecule has 1 heterocycles. The molecule has 1 aromatic heterocycles. The van der Waals surface area contributed by atoms with Crippen molar-refractivity contribution >= 4 is 21.7 Å². The van der Waals surface area contributed by atoms with Crippen LogP contribution in [-0.4, -0.2) is 18.4 Å². The highest BCUT2D eigenvalue weighted by Crippen LogP contribution is 2.34. The zero-order chi connectivity index (χ0) is 20.5. The number of hydrogen-bond donors (Lipinski definition) is 0. The Balaban J connectivity index is 2.08. The third kappa shape index (κ3) is 4.31. The number of aryl methyl sites for hydroxylation is 1. The van der Waals surface area contributed by atoms with Crippen LogP contribution in [0.3, 0.4) is 0 Å². The van der Waals surface area contributed by atoms with Gasteiger partial charge in [-0.1, -0.05) is 43.1 Å². The minimum atomic E-state index is -4.12. The molecule has 0 N–H and O–H groups in total. The molecular weight excluding hydrogens is 403 g/mol. The molecule has 0 atom stereocenters. The minimum Gasteiger partial charge on any atom is -0.339 e. The Morgan fingerprint density at radius 1 is 1.00 bits per heavy atom. The topological polar surface area (TPSA) is 69.2 Å². The third-order valence-electron chi connectivity index (χ3n) is 4.01. The summed E-state index contributed by atoms with van der Waals surface area (Å²) < 4.78 is 43.6. The monoisotopic (exact) mass is 420 g/mol. The van der Waals surface area contributed by atoms with E-state index in [4.69, 9.17) is 15.8 Å². The highest BCUT2D eigenvalue weighted by molar-refractivity contribution is 7.87. The molecule has 0 spiro atoms. The fourth-order valence-electron chi connectivity index (χ4n) is 2.51. The summed E-state index contributed by atoms with van der Waals surface area (Å²) in [7, 11) is -4.12. The number of nitrogens with zero attached hydrogens (tertiary/aromatic N) is 2. The van der Waals surface area contributed by atoms with E-state index in [1.165, 1.54) is 36.4 Å². The van der Waals surface area contributed by atoms with Gasteiger partial charge in [0.05, 0.1) is 16.4 Å². The lowest BCUT2D eigenvalue weighted by Gasteiger charge is -2.14. The van der Waals surface area contributed by atoms with Crippen LogP contribution in [0.25, 0.3) is 11.3 Å². The molecular formula is C20H18ClFN2O3S. The predicted molar refractivity (Wildman–Crippen MR) is 106 cm³/mol. The van der Waals surface area contributed by atoms with Crippen molar-refractivity contribution in [3.63, 3.8) is 0 Å². The molecule has 0 aliphatic heterocycles. The van der Waals surface area contributed by atoms with E-state index < -0.39 is 15.9 Å². The maximum absolute atomic E-state index is 13.3. The molecule has 146 valence electrons. The second-order valence-corrected chi connectivity index (χ2v) is 8.49. The molecule has 0 aliphatic rings. The summed E-state index contributed by atoms with van der Waals surface area (Å²) in [5.41, 5.74) is 2.15. The zero-order valence-electron chi connectivity index (χ0n) is 15.5. The molecule has 8 heteroatoms. The Hall–Kier alpha value is -2.51. The van der Waals surface area contributed by atoms with Crippen molar-refractivity contribution in [2.75, 3.05) is 0 Å². The zero-order valence-corrected chi connectivity index (χ0v) is 17.1. The summed E-state index contributed by atoms with van der Waals surface area (Å²) >= 11 is 6.43. The van der Waals surface area contributed by atoms with E-state index >= 15 is 0 Å². The Kier molecular flexibility index (Phi) is 5.67. The van der Waals surface area contributed by atoms with Crippen LogP contribution < -0.4 is 4.18 Å². The quantitative estimate of drug-likeness (QED) is 0.535. The standard InChI is InChI=1S/C20H18ClFN2O3S/c1-12(2)18-17(21)19(14-6-8-15(22)9-7-14)24-20(23-18)27-28(25,26)16-10-4-13(3)5-11-16/h4-12H,1-3H3. The lowest BCUT2D eigenvalue weighted by molar-refractivity contribution is 0.462. The van der Waals surface area contributed by atoms with Crippen molar-refractivity contribution in [2.45, 2.75) is 31.6 Å². The highest BCUT2D eigenvalue weighted by Gasteiger charge is 2.23. The Labute approximate surface area is 168 Å². The average molecular weight is 421 g/mol. The molecule has 0 saturated heterocycles. The lowest BCUT2D eigenvalue weighted by atomic mass is 10.1. The van der Waals surface area contributed by atoms with E-state index in [0.29, 0.717) is 11.3 Å². The van der Waals surface area contributed by atoms with Crippen LogP contribution in [0.1, 0.15) is 31.0 Å². The van der Waals surface area contributed by atoms with Gasteiger partial charge in [-0.15, -0.1) is 0 Å². The van der Waals surface area contributed by atoms with E-state index in [9.17, 15) is 12.8 Å². The van der Waals surface area contributed by atoms with Gasteiger partial charge in [-0.2, -0.15) is 18.4 Å². The Morgan fingerprint density at radius 2 is 1.61 bits per heavy atom. The van der Waals surface area contributed by atoms with Crippen molar-refractivity contribution in [3.05, 3.63) is 70.6 Å². The second kappa shape index (κ2) is 7.85. The molecule has 0 fully saturated rings. The maximum atomic E-state index is 13.3. The van der Waals surface area contributed by atoms with Gasteiger partial charge in [0, 0.05) is 5.56 Å². The number of hydrogen-bond acceptors (Lipinski definition) is 5. The van der Waals surface area contributed by atoms with Gasteiger partial charge >= 0.3 is 16.1 Å². The highest BCUT2D eigenvalue weighted by atomic mass is 35.5. The van der Waals surface area contributed by atoms with Crippen LogP contribution in [-0.2, 0) is 10.1 Å². The van der Waals surface area contributed by atoms with Crippen LogP contribution >= 0.6 is 11.6 Å². The first-order valence-electron chi connectivity index (χ1n) is 8.52. The van der Waals surface area contributed by atoms with Crippen molar-refractivity contribution < 1.29 is 17.0 Å². The largest absolute Gasteiger partial charge is 0.341 e. The molecule has 0 amide bonds. The maximum Gasteiger partial charge on any atom is 0.341 e.